The third-order valence-corrected chi connectivity index (χ3v) is 11.3. The number of amides is 1. The first-order valence-electron chi connectivity index (χ1n) is 13.1. The summed E-state index contributed by atoms with van der Waals surface area (Å²) in [4.78, 5) is 20.5. The number of thiophene rings is 1. The smallest absolute Gasteiger partial charge is 0.436 e. The first-order valence-corrected chi connectivity index (χ1v) is 17.1. The number of rotatable bonds is 7. The molecule has 214 valence electrons. The molecule has 1 amide bonds. The molecule has 0 spiro atoms. The summed E-state index contributed by atoms with van der Waals surface area (Å²) < 4.78 is 11.7. The zero-order valence-electron chi connectivity index (χ0n) is 24.1. The van der Waals surface area contributed by atoms with Crippen LogP contribution in [0.15, 0.2) is 112 Å². The number of aliphatic imine (C=N–C) groups is 1. The van der Waals surface area contributed by atoms with E-state index in [-0.39, 0.29) is 5.84 Å². The highest BCUT2D eigenvalue weighted by Crippen LogP contribution is 2.39. The maximum atomic E-state index is 12.4. The van der Waals surface area contributed by atoms with Crippen LogP contribution in [0.1, 0.15) is 44.6 Å². The predicted octanol–water partition coefficient (Wildman–Crippen LogP) is 9.74. The lowest BCUT2D eigenvalue weighted by molar-refractivity contribution is 0.0604. The van der Waals surface area contributed by atoms with Gasteiger partial charge in [-0.1, -0.05) is 66.3 Å². The molecule has 4 rings (SSSR count). The van der Waals surface area contributed by atoms with Gasteiger partial charge in [0.25, 0.3) is 0 Å². The van der Waals surface area contributed by atoms with Crippen LogP contribution in [-0.4, -0.2) is 23.8 Å². The van der Waals surface area contributed by atoms with Crippen molar-refractivity contribution in [3.8, 4) is 11.1 Å². The van der Waals surface area contributed by atoms with Crippen molar-refractivity contribution >= 4 is 57.7 Å². The average Bonchev–Trinajstić information content (AvgIpc) is 3.24. The van der Waals surface area contributed by atoms with E-state index < -0.39 is 22.4 Å². The normalized spacial score (nSPS) is 14.8. The highest BCUT2D eigenvalue weighted by atomic mass is 32.2. The molecule has 1 atom stereocenters. The Hall–Kier alpha value is -2.85. The summed E-state index contributed by atoms with van der Waals surface area (Å²) in [5.41, 5.74) is 10.5. The number of hydrogen-bond acceptors (Lipinski definition) is 6. The maximum Gasteiger partial charge on any atom is 0.436 e. The molecule has 3 aromatic rings. The summed E-state index contributed by atoms with van der Waals surface area (Å²) in [5, 5.41) is 0. The molecule has 1 aromatic heterocycles. The molecule has 0 saturated carbocycles. The Balaban J connectivity index is 1.80. The van der Waals surface area contributed by atoms with E-state index in [0.29, 0.717) is 0 Å². The molecule has 0 bridgehead atoms. The van der Waals surface area contributed by atoms with Crippen LogP contribution in [-0.2, 0) is 15.4 Å². The SMILES string of the molecule is CSc1sc(C(N)=NC(=O)OC(C)(C)C)cc1/S(=N\SC1=CC=C(C)C=CC1)c1cccc(-c2ccccc2C)c1. The Kier molecular flexibility index (Phi) is 10.5. The van der Waals surface area contributed by atoms with Gasteiger partial charge in [0, 0.05) is 26.6 Å². The van der Waals surface area contributed by atoms with Gasteiger partial charge in [-0.2, -0.15) is 8.76 Å². The number of carbonyl (C=O) groups excluding carboxylic acids is 1. The van der Waals surface area contributed by atoms with Crippen LogP contribution in [0.5, 0.6) is 0 Å². The van der Waals surface area contributed by atoms with Crippen LogP contribution in [0.4, 0.5) is 4.79 Å². The minimum absolute atomic E-state index is 0.146. The van der Waals surface area contributed by atoms with Gasteiger partial charge < -0.3 is 10.5 Å². The van der Waals surface area contributed by atoms with E-state index in [9.17, 15) is 4.79 Å². The number of hydrogen-bond donors (Lipinski definition) is 1. The summed E-state index contributed by atoms with van der Waals surface area (Å²) in [6, 6.07) is 19.1. The van der Waals surface area contributed by atoms with Gasteiger partial charge in [-0.05, 0) is 92.9 Å². The standard InChI is InChI=1S/C32H35N3O2S4/c1-21-11-9-14-24(18-17-21)40-35-41(25-15-10-13-23(19-25)26-16-8-7-12-22(26)2)28-20-27(39-30(28)38-6)29(33)34-31(36)37-32(3,4)5/h7-13,15-20H,14H2,1-6H3,(H2,33,34,36). The fraction of sp³-hybridized carbons (Fsp3) is 0.250. The minimum Gasteiger partial charge on any atom is -0.442 e. The van der Waals surface area contributed by atoms with Crippen molar-refractivity contribution in [2.45, 2.75) is 60.6 Å². The molecule has 1 unspecified atom stereocenters. The van der Waals surface area contributed by atoms with Crippen molar-refractivity contribution in [2.24, 2.45) is 14.5 Å². The van der Waals surface area contributed by atoms with Gasteiger partial charge >= 0.3 is 6.09 Å². The van der Waals surface area contributed by atoms with Crippen LogP contribution in [0.25, 0.3) is 11.1 Å². The van der Waals surface area contributed by atoms with Crippen LogP contribution < -0.4 is 5.73 Å². The molecule has 5 nitrogen and oxygen atoms in total. The highest BCUT2D eigenvalue weighted by Gasteiger charge is 2.20. The van der Waals surface area contributed by atoms with E-state index in [4.69, 9.17) is 14.2 Å². The van der Waals surface area contributed by atoms with Crippen LogP contribution >= 0.6 is 35.0 Å². The average molecular weight is 622 g/mol. The fourth-order valence-electron chi connectivity index (χ4n) is 3.95. The number of amidine groups is 1. The Labute approximate surface area is 258 Å². The quantitative estimate of drug-likeness (QED) is 0.123. The van der Waals surface area contributed by atoms with Crippen molar-refractivity contribution in [3.63, 3.8) is 0 Å². The van der Waals surface area contributed by atoms with E-state index in [1.165, 1.54) is 44.9 Å². The topological polar surface area (TPSA) is 77.0 Å². The first-order chi connectivity index (χ1) is 19.5. The van der Waals surface area contributed by atoms with Gasteiger partial charge in [-0.15, -0.1) is 23.1 Å². The number of thioether (sulfide) groups is 1. The summed E-state index contributed by atoms with van der Waals surface area (Å²) >= 11 is 4.70. The number of benzene rings is 2. The van der Waals surface area contributed by atoms with Gasteiger partial charge in [0.1, 0.15) is 11.4 Å². The monoisotopic (exact) mass is 621 g/mol. The molecular formula is C32H35N3O2S4. The van der Waals surface area contributed by atoms with Crippen molar-refractivity contribution in [1.82, 2.24) is 0 Å². The van der Waals surface area contributed by atoms with Crippen molar-refractivity contribution in [1.29, 1.82) is 0 Å². The lowest BCUT2D eigenvalue weighted by atomic mass is 10.0. The third-order valence-electron chi connectivity index (χ3n) is 5.89. The Morgan fingerprint density at radius 1 is 1.07 bits per heavy atom. The molecule has 0 radical (unpaired) electrons. The molecule has 0 aliphatic heterocycles. The predicted molar refractivity (Wildman–Crippen MR) is 179 cm³/mol. The van der Waals surface area contributed by atoms with E-state index in [2.05, 4.69) is 91.7 Å². The zero-order valence-corrected chi connectivity index (χ0v) is 27.4. The summed E-state index contributed by atoms with van der Waals surface area (Å²) in [6.45, 7) is 9.64. The molecule has 0 saturated heterocycles. The number of allylic oxidation sites excluding steroid dienone is 6. The van der Waals surface area contributed by atoms with E-state index in [1.54, 1.807) is 32.5 Å². The molecular weight excluding hydrogens is 587 g/mol. The van der Waals surface area contributed by atoms with Crippen LogP contribution in [0.3, 0.4) is 0 Å². The zero-order chi connectivity index (χ0) is 29.6. The maximum absolute atomic E-state index is 12.4. The number of carbonyl (C=O) groups is 1. The number of nitrogens with zero attached hydrogens (tertiary/aromatic N) is 2. The van der Waals surface area contributed by atoms with Gasteiger partial charge in [0.15, 0.2) is 0 Å². The largest absolute Gasteiger partial charge is 0.442 e. The lowest BCUT2D eigenvalue weighted by Gasteiger charge is -2.17. The molecule has 2 N–H and O–H groups in total. The molecule has 2 aromatic carbocycles. The van der Waals surface area contributed by atoms with Gasteiger partial charge in [0.2, 0.25) is 0 Å². The second-order valence-electron chi connectivity index (χ2n) is 10.4. The molecule has 41 heavy (non-hydrogen) atoms. The minimum atomic E-state index is -0.697. The molecule has 1 aliphatic carbocycles. The molecule has 0 fully saturated rings. The fourth-order valence-corrected chi connectivity index (χ4v) is 9.16. The molecule has 1 aliphatic rings. The number of nitrogens with two attached hydrogens (primary N) is 1. The van der Waals surface area contributed by atoms with Gasteiger partial charge in [0.05, 0.1) is 9.09 Å². The summed E-state index contributed by atoms with van der Waals surface area (Å²) in [5.74, 6) is 0.146. The van der Waals surface area contributed by atoms with Crippen molar-refractivity contribution in [2.75, 3.05) is 6.26 Å². The summed E-state index contributed by atoms with van der Waals surface area (Å²) in [6.07, 6.45) is 10.8. The van der Waals surface area contributed by atoms with Crippen molar-refractivity contribution in [3.05, 3.63) is 99.8 Å². The van der Waals surface area contributed by atoms with Crippen LogP contribution in [0, 0.1) is 6.92 Å². The second kappa shape index (κ2) is 13.9. The number of aryl methyl sites for hydroxylation is 1. The Morgan fingerprint density at radius 3 is 2.59 bits per heavy atom. The summed E-state index contributed by atoms with van der Waals surface area (Å²) in [7, 11) is -0.629. The Bertz CT molecular complexity index is 1590. The molecule has 1 heterocycles. The highest BCUT2D eigenvalue weighted by molar-refractivity contribution is 8.08. The lowest BCUT2D eigenvalue weighted by Crippen LogP contribution is -2.24. The third kappa shape index (κ3) is 8.58. The molecule has 9 heteroatoms. The second-order valence-corrected chi connectivity index (χ2v) is 15.3. The van der Waals surface area contributed by atoms with Gasteiger partial charge in [-0.3, -0.25) is 0 Å². The van der Waals surface area contributed by atoms with Crippen molar-refractivity contribution < 1.29 is 9.53 Å². The number of ether oxygens (including phenoxy) is 1. The van der Waals surface area contributed by atoms with Crippen LogP contribution in [0.2, 0.25) is 0 Å². The van der Waals surface area contributed by atoms with Gasteiger partial charge in [-0.25, -0.2) is 4.79 Å². The van der Waals surface area contributed by atoms with E-state index in [0.717, 1.165) is 30.9 Å². The Morgan fingerprint density at radius 2 is 1.85 bits per heavy atom. The van der Waals surface area contributed by atoms with E-state index >= 15 is 0 Å². The first kappa shape index (κ1) is 31.1. The van der Waals surface area contributed by atoms with E-state index in [1.807, 2.05) is 12.3 Å².